The number of hydrogen-bond acceptors (Lipinski definition) is 3. The van der Waals surface area contributed by atoms with Gasteiger partial charge in [0.25, 0.3) is 0 Å². The van der Waals surface area contributed by atoms with Gasteiger partial charge in [-0.15, -0.1) is 0 Å². The van der Waals surface area contributed by atoms with Gasteiger partial charge < -0.3 is 10.4 Å². The van der Waals surface area contributed by atoms with Gasteiger partial charge in [-0.1, -0.05) is 31.2 Å². The molecule has 20 heavy (non-hydrogen) atoms. The summed E-state index contributed by atoms with van der Waals surface area (Å²) in [6, 6.07) is 8.65. The minimum atomic E-state index is -1.25. The Hall–Kier alpha value is -2.87. The Bertz CT molecular complexity index is 593. The van der Waals surface area contributed by atoms with Crippen molar-refractivity contribution in [1.82, 2.24) is 0 Å². The quantitative estimate of drug-likeness (QED) is 0.489. The summed E-state index contributed by atoms with van der Waals surface area (Å²) in [6.07, 6.45) is 4.81. The number of nitriles is 1. The largest absolute Gasteiger partial charge is 0.477 e. The number of rotatable bonds is 5. The molecule has 0 atom stereocenters. The van der Waals surface area contributed by atoms with Crippen LogP contribution in [0.2, 0.25) is 0 Å². The fourth-order valence-corrected chi connectivity index (χ4v) is 1.34. The first kappa shape index (κ1) is 15.2. The molecule has 5 heteroatoms. The summed E-state index contributed by atoms with van der Waals surface area (Å²) in [4.78, 5) is 21.8. The number of amides is 1. The van der Waals surface area contributed by atoms with Crippen LogP contribution in [-0.4, -0.2) is 17.0 Å². The molecule has 0 heterocycles. The van der Waals surface area contributed by atoms with Gasteiger partial charge in [0.05, 0.1) is 0 Å². The Morgan fingerprint density at radius 1 is 1.35 bits per heavy atom. The molecule has 0 spiro atoms. The molecule has 0 radical (unpaired) electrons. The van der Waals surface area contributed by atoms with Crippen molar-refractivity contribution in [3.8, 4) is 6.07 Å². The summed E-state index contributed by atoms with van der Waals surface area (Å²) in [7, 11) is 0. The fourth-order valence-electron chi connectivity index (χ4n) is 1.34. The molecule has 1 aromatic rings. The third kappa shape index (κ3) is 4.78. The van der Waals surface area contributed by atoms with Crippen LogP contribution in [0.15, 0.2) is 42.0 Å². The third-order valence-corrected chi connectivity index (χ3v) is 2.42. The van der Waals surface area contributed by atoms with Crippen molar-refractivity contribution in [2.75, 3.05) is 5.32 Å². The monoisotopic (exact) mass is 270 g/mol. The molecule has 1 aromatic carbocycles. The Labute approximate surface area is 116 Å². The number of hydrogen-bond donors (Lipinski definition) is 2. The highest BCUT2D eigenvalue weighted by atomic mass is 16.4. The van der Waals surface area contributed by atoms with Crippen LogP contribution in [0.4, 0.5) is 5.69 Å². The maximum absolute atomic E-state index is 11.2. The topological polar surface area (TPSA) is 90.2 Å². The molecule has 0 unspecified atom stereocenters. The molecule has 102 valence electrons. The van der Waals surface area contributed by atoms with Crippen LogP contribution in [-0.2, 0) is 9.59 Å². The summed E-state index contributed by atoms with van der Waals surface area (Å²) in [5.74, 6) is -1.31. The standard InChI is InChI=1S/C15H14N2O3/c1-2-14(18)17-13-8-6-11(7-9-13)4-3-5-12(10-16)15(19)20/h3-9H,2H2,1H3,(H,17,18)(H,19,20). The van der Waals surface area contributed by atoms with E-state index >= 15 is 0 Å². The fraction of sp³-hybridized carbons (Fsp3) is 0.133. The molecule has 0 aromatic heterocycles. The lowest BCUT2D eigenvalue weighted by atomic mass is 10.1. The average molecular weight is 270 g/mol. The maximum atomic E-state index is 11.2. The highest BCUT2D eigenvalue weighted by Gasteiger charge is 2.02. The molecule has 5 nitrogen and oxygen atoms in total. The number of benzene rings is 1. The first-order valence-electron chi connectivity index (χ1n) is 5.98. The lowest BCUT2D eigenvalue weighted by Gasteiger charge is -2.03. The predicted octanol–water partition coefficient (Wildman–Crippen LogP) is 2.58. The number of allylic oxidation sites excluding steroid dienone is 2. The van der Waals surface area contributed by atoms with Gasteiger partial charge in [-0.3, -0.25) is 4.79 Å². The molecule has 0 bridgehead atoms. The van der Waals surface area contributed by atoms with Crippen LogP contribution in [0.3, 0.4) is 0 Å². The normalized spacial score (nSPS) is 11.1. The Morgan fingerprint density at radius 2 is 2.00 bits per heavy atom. The molecule has 1 amide bonds. The highest BCUT2D eigenvalue weighted by Crippen LogP contribution is 2.11. The molecule has 1 rings (SSSR count). The first-order valence-corrected chi connectivity index (χ1v) is 5.98. The van der Waals surface area contributed by atoms with Crippen LogP contribution >= 0.6 is 0 Å². The van der Waals surface area contributed by atoms with Gasteiger partial charge >= 0.3 is 5.97 Å². The van der Waals surface area contributed by atoms with Crippen molar-refractivity contribution in [2.45, 2.75) is 13.3 Å². The second-order valence-corrected chi connectivity index (χ2v) is 3.88. The van der Waals surface area contributed by atoms with E-state index in [-0.39, 0.29) is 11.5 Å². The molecule has 0 aliphatic carbocycles. The van der Waals surface area contributed by atoms with Gasteiger partial charge in [-0.25, -0.2) is 4.79 Å². The number of carboxylic acid groups (broad SMARTS) is 1. The van der Waals surface area contributed by atoms with Gasteiger partial charge in [0.15, 0.2) is 0 Å². The molecule has 0 saturated heterocycles. The van der Waals surface area contributed by atoms with E-state index < -0.39 is 5.97 Å². The summed E-state index contributed by atoms with van der Waals surface area (Å²) in [5.41, 5.74) is 1.21. The van der Waals surface area contributed by atoms with E-state index in [1.807, 2.05) is 0 Å². The predicted molar refractivity (Wildman–Crippen MR) is 75.7 cm³/mol. The molecule has 0 aliphatic heterocycles. The highest BCUT2D eigenvalue weighted by molar-refractivity contribution is 5.91. The van der Waals surface area contributed by atoms with Gasteiger partial charge in [-0.05, 0) is 23.8 Å². The Balaban J connectivity index is 2.73. The van der Waals surface area contributed by atoms with Crippen molar-refractivity contribution in [3.63, 3.8) is 0 Å². The minimum absolute atomic E-state index is 0.0589. The van der Waals surface area contributed by atoms with Crippen molar-refractivity contribution in [3.05, 3.63) is 47.6 Å². The molecule has 0 fully saturated rings. The van der Waals surface area contributed by atoms with Gasteiger partial charge in [0, 0.05) is 12.1 Å². The van der Waals surface area contributed by atoms with Crippen molar-refractivity contribution in [2.24, 2.45) is 0 Å². The van der Waals surface area contributed by atoms with Crippen molar-refractivity contribution in [1.29, 1.82) is 5.26 Å². The zero-order valence-electron chi connectivity index (χ0n) is 11.0. The maximum Gasteiger partial charge on any atom is 0.346 e. The van der Waals surface area contributed by atoms with E-state index in [2.05, 4.69) is 5.32 Å². The number of nitrogens with zero attached hydrogens (tertiary/aromatic N) is 1. The third-order valence-electron chi connectivity index (χ3n) is 2.42. The number of carbonyl (C=O) groups excluding carboxylic acids is 1. The average Bonchev–Trinajstić information content (AvgIpc) is 2.44. The summed E-state index contributed by atoms with van der Waals surface area (Å²) in [6.45, 7) is 1.77. The lowest BCUT2D eigenvalue weighted by Crippen LogP contribution is -2.08. The van der Waals surface area contributed by atoms with Crippen LogP contribution in [0.25, 0.3) is 6.08 Å². The van der Waals surface area contributed by atoms with Crippen LogP contribution in [0.1, 0.15) is 18.9 Å². The SMILES string of the molecule is CCC(=O)Nc1ccc(C=CC=C(C#N)C(=O)O)cc1. The number of anilines is 1. The molecule has 0 saturated carbocycles. The van der Waals surface area contributed by atoms with Gasteiger partial charge in [0.2, 0.25) is 5.91 Å². The van der Waals surface area contributed by atoms with Crippen LogP contribution in [0.5, 0.6) is 0 Å². The number of carbonyl (C=O) groups is 2. The minimum Gasteiger partial charge on any atom is -0.477 e. The summed E-state index contributed by atoms with van der Waals surface area (Å²) >= 11 is 0. The Morgan fingerprint density at radius 3 is 2.50 bits per heavy atom. The zero-order chi connectivity index (χ0) is 15.0. The number of nitrogens with one attached hydrogen (secondary N) is 1. The van der Waals surface area contributed by atoms with Crippen LogP contribution in [0, 0.1) is 11.3 Å². The summed E-state index contributed by atoms with van der Waals surface area (Å²) in [5, 5.41) is 19.9. The molecular formula is C15H14N2O3. The van der Waals surface area contributed by atoms with Crippen LogP contribution < -0.4 is 5.32 Å². The molecular weight excluding hydrogens is 256 g/mol. The second-order valence-electron chi connectivity index (χ2n) is 3.88. The van der Waals surface area contributed by atoms with E-state index in [0.717, 1.165) is 5.56 Å². The van der Waals surface area contributed by atoms with Crippen molar-refractivity contribution < 1.29 is 14.7 Å². The Kier molecular flexibility index (Phi) is 5.73. The van der Waals surface area contributed by atoms with Crippen molar-refractivity contribution >= 4 is 23.6 Å². The first-order chi connectivity index (χ1) is 9.56. The molecule has 0 aliphatic rings. The van der Waals surface area contributed by atoms with Gasteiger partial charge in [-0.2, -0.15) is 5.26 Å². The number of carboxylic acids is 1. The molecule has 2 N–H and O–H groups in total. The van der Waals surface area contributed by atoms with E-state index in [1.54, 1.807) is 43.3 Å². The number of aliphatic carboxylic acids is 1. The van der Waals surface area contributed by atoms with E-state index in [4.69, 9.17) is 10.4 Å². The van der Waals surface area contributed by atoms with E-state index in [1.165, 1.54) is 12.2 Å². The zero-order valence-corrected chi connectivity index (χ0v) is 11.0. The van der Waals surface area contributed by atoms with E-state index in [9.17, 15) is 9.59 Å². The second kappa shape index (κ2) is 7.54. The van der Waals surface area contributed by atoms with Gasteiger partial charge in [0.1, 0.15) is 11.6 Å². The lowest BCUT2D eigenvalue weighted by molar-refractivity contribution is -0.132. The smallest absolute Gasteiger partial charge is 0.346 e. The van der Waals surface area contributed by atoms with E-state index in [0.29, 0.717) is 12.1 Å². The summed E-state index contributed by atoms with van der Waals surface area (Å²) < 4.78 is 0.